The Kier molecular flexibility index (Phi) is 4.46. The van der Waals surface area contributed by atoms with E-state index in [2.05, 4.69) is 13.8 Å². The van der Waals surface area contributed by atoms with Gasteiger partial charge < -0.3 is 10.5 Å². The van der Waals surface area contributed by atoms with Crippen molar-refractivity contribution in [2.75, 3.05) is 0 Å². The monoisotopic (exact) mass is 265 g/mol. The summed E-state index contributed by atoms with van der Waals surface area (Å²) in [5.41, 5.74) is 6.55. The van der Waals surface area contributed by atoms with Crippen LogP contribution in [0.15, 0.2) is 18.2 Å². The van der Waals surface area contributed by atoms with Gasteiger partial charge in [-0.2, -0.15) is 0 Å². The molecule has 106 valence electrons. The third-order valence-corrected chi connectivity index (χ3v) is 3.91. The Morgan fingerprint density at radius 2 is 1.84 bits per heavy atom. The maximum absolute atomic E-state index is 14.0. The summed E-state index contributed by atoms with van der Waals surface area (Å²) >= 11 is 0. The molecule has 2 N–H and O–H groups in total. The third-order valence-electron chi connectivity index (χ3n) is 3.91. The molecular formula is C16H24FNO. The lowest BCUT2D eigenvalue weighted by atomic mass is 9.82. The molecule has 1 aromatic rings. The van der Waals surface area contributed by atoms with Crippen molar-refractivity contribution in [1.82, 2.24) is 0 Å². The molecule has 0 spiro atoms. The highest BCUT2D eigenvalue weighted by Gasteiger charge is 2.25. The van der Waals surface area contributed by atoms with Crippen LogP contribution in [0.3, 0.4) is 0 Å². The minimum atomic E-state index is -0.305. The van der Waals surface area contributed by atoms with Crippen molar-refractivity contribution >= 4 is 0 Å². The molecule has 1 fully saturated rings. The molecule has 3 heteroatoms. The molecule has 0 radical (unpaired) electrons. The van der Waals surface area contributed by atoms with Crippen LogP contribution in [-0.2, 0) is 0 Å². The summed E-state index contributed by atoms with van der Waals surface area (Å²) in [5, 5.41) is 0. The van der Waals surface area contributed by atoms with E-state index in [9.17, 15) is 4.39 Å². The van der Waals surface area contributed by atoms with E-state index in [-0.39, 0.29) is 18.0 Å². The van der Waals surface area contributed by atoms with Gasteiger partial charge in [0.05, 0.1) is 6.10 Å². The van der Waals surface area contributed by atoms with Gasteiger partial charge in [0, 0.05) is 6.04 Å². The molecule has 2 unspecified atom stereocenters. The molecule has 1 saturated carbocycles. The largest absolute Gasteiger partial charge is 0.487 e. The molecule has 0 bridgehead atoms. The normalized spacial score (nSPS) is 29.0. The second-order valence-corrected chi connectivity index (χ2v) is 6.14. The zero-order valence-corrected chi connectivity index (χ0v) is 12.0. The van der Waals surface area contributed by atoms with Gasteiger partial charge in [0.2, 0.25) is 0 Å². The molecular weight excluding hydrogens is 241 g/mol. The Hall–Kier alpha value is -1.09. The number of hydrogen-bond acceptors (Lipinski definition) is 2. The van der Waals surface area contributed by atoms with Gasteiger partial charge in [-0.1, -0.05) is 19.9 Å². The fraction of sp³-hybridized carbons (Fsp3) is 0.625. The number of benzene rings is 1. The van der Waals surface area contributed by atoms with Crippen LogP contribution in [0, 0.1) is 17.7 Å². The predicted molar refractivity (Wildman–Crippen MR) is 75.6 cm³/mol. The van der Waals surface area contributed by atoms with Gasteiger partial charge in [-0.05, 0) is 55.7 Å². The summed E-state index contributed by atoms with van der Waals surface area (Å²) < 4.78 is 19.8. The van der Waals surface area contributed by atoms with Crippen LogP contribution in [0.2, 0.25) is 0 Å². The van der Waals surface area contributed by atoms with E-state index in [1.54, 1.807) is 6.07 Å². The molecule has 2 nitrogen and oxygen atoms in total. The SMILES string of the molecule is CC1CC(C)CC(Oc2ccc([C@@H](C)N)cc2F)C1. The average Bonchev–Trinajstić information content (AvgIpc) is 2.30. The van der Waals surface area contributed by atoms with E-state index >= 15 is 0 Å². The fourth-order valence-corrected chi connectivity index (χ4v) is 3.04. The Morgan fingerprint density at radius 3 is 2.37 bits per heavy atom. The highest BCUT2D eigenvalue weighted by Crippen LogP contribution is 2.32. The molecule has 0 aromatic heterocycles. The summed E-state index contributed by atoms with van der Waals surface area (Å²) in [6, 6.07) is 4.88. The lowest BCUT2D eigenvalue weighted by Gasteiger charge is -2.31. The Labute approximate surface area is 115 Å². The van der Waals surface area contributed by atoms with Crippen molar-refractivity contribution in [1.29, 1.82) is 0 Å². The highest BCUT2D eigenvalue weighted by molar-refractivity contribution is 5.31. The predicted octanol–water partition coefficient (Wildman–Crippen LogP) is 4.05. The third kappa shape index (κ3) is 3.69. The van der Waals surface area contributed by atoms with Crippen molar-refractivity contribution in [3.8, 4) is 5.75 Å². The van der Waals surface area contributed by atoms with E-state index in [1.807, 2.05) is 13.0 Å². The first-order chi connectivity index (χ1) is 8.95. The molecule has 1 aliphatic carbocycles. The molecule has 0 saturated heterocycles. The van der Waals surface area contributed by atoms with Gasteiger partial charge >= 0.3 is 0 Å². The van der Waals surface area contributed by atoms with Gasteiger partial charge in [0.1, 0.15) is 0 Å². The van der Waals surface area contributed by atoms with Crippen LogP contribution in [-0.4, -0.2) is 6.10 Å². The number of hydrogen-bond donors (Lipinski definition) is 1. The Balaban J connectivity index is 2.06. The molecule has 1 aliphatic rings. The molecule has 19 heavy (non-hydrogen) atoms. The first kappa shape index (κ1) is 14.3. The molecule has 1 aromatic carbocycles. The maximum atomic E-state index is 14.0. The van der Waals surface area contributed by atoms with E-state index < -0.39 is 0 Å². The van der Waals surface area contributed by atoms with Crippen LogP contribution in [0.5, 0.6) is 5.75 Å². The van der Waals surface area contributed by atoms with Crippen molar-refractivity contribution in [3.63, 3.8) is 0 Å². The van der Waals surface area contributed by atoms with E-state index in [1.165, 1.54) is 12.5 Å². The Morgan fingerprint density at radius 1 is 1.21 bits per heavy atom. The van der Waals surface area contributed by atoms with Gasteiger partial charge in [-0.15, -0.1) is 0 Å². The summed E-state index contributed by atoms with van der Waals surface area (Å²) in [5.74, 6) is 1.36. The average molecular weight is 265 g/mol. The number of rotatable bonds is 3. The summed E-state index contributed by atoms with van der Waals surface area (Å²) in [7, 11) is 0. The van der Waals surface area contributed by atoms with Gasteiger partial charge in [-0.3, -0.25) is 0 Å². The van der Waals surface area contributed by atoms with Crippen LogP contribution < -0.4 is 10.5 Å². The van der Waals surface area contributed by atoms with Crippen LogP contribution in [0.4, 0.5) is 4.39 Å². The highest BCUT2D eigenvalue weighted by atomic mass is 19.1. The van der Waals surface area contributed by atoms with Crippen molar-refractivity contribution in [3.05, 3.63) is 29.6 Å². The molecule has 3 atom stereocenters. The van der Waals surface area contributed by atoms with Crippen LogP contribution in [0.1, 0.15) is 51.6 Å². The first-order valence-electron chi connectivity index (χ1n) is 7.17. The van der Waals surface area contributed by atoms with Crippen LogP contribution in [0.25, 0.3) is 0 Å². The van der Waals surface area contributed by atoms with E-state index in [4.69, 9.17) is 10.5 Å². The van der Waals surface area contributed by atoms with E-state index in [0.717, 1.165) is 18.4 Å². The van der Waals surface area contributed by atoms with Crippen molar-refractivity contribution < 1.29 is 9.13 Å². The number of halogens is 1. The summed E-state index contributed by atoms with van der Waals surface area (Å²) in [6.07, 6.45) is 3.40. The molecule has 0 heterocycles. The molecule has 0 aliphatic heterocycles. The minimum Gasteiger partial charge on any atom is -0.487 e. The summed E-state index contributed by atoms with van der Waals surface area (Å²) in [6.45, 7) is 6.32. The van der Waals surface area contributed by atoms with Crippen molar-refractivity contribution in [2.24, 2.45) is 17.6 Å². The van der Waals surface area contributed by atoms with Gasteiger partial charge in [-0.25, -0.2) is 4.39 Å². The maximum Gasteiger partial charge on any atom is 0.165 e. The zero-order valence-electron chi connectivity index (χ0n) is 12.0. The van der Waals surface area contributed by atoms with Crippen molar-refractivity contribution in [2.45, 2.75) is 52.2 Å². The second kappa shape index (κ2) is 5.91. The van der Waals surface area contributed by atoms with Gasteiger partial charge in [0.25, 0.3) is 0 Å². The number of ether oxygens (including phenoxy) is 1. The smallest absolute Gasteiger partial charge is 0.165 e. The lowest BCUT2D eigenvalue weighted by Crippen LogP contribution is -2.28. The van der Waals surface area contributed by atoms with E-state index in [0.29, 0.717) is 17.6 Å². The zero-order chi connectivity index (χ0) is 14.0. The first-order valence-corrected chi connectivity index (χ1v) is 7.17. The topological polar surface area (TPSA) is 35.2 Å². The fourth-order valence-electron chi connectivity index (χ4n) is 3.04. The standard InChI is InChI=1S/C16H24FNO/c1-10-6-11(2)8-14(7-10)19-16-5-4-13(12(3)18)9-15(16)17/h4-5,9-12,14H,6-8,18H2,1-3H3/t10?,11?,12-,14?/m1/s1. The van der Waals surface area contributed by atoms with Crippen LogP contribution >= 0.6 is 0 Å². The van der Waals surface area contributed by atoms with Gasteiger partial charge in [0.15, 0.2) is 11.6 Å². The molecule has 2 rings (SSSR count). The summed E-state index contributed by atoms with van der Waals surface area (Å²) in [4.78, 5) is 0. The second-order valence-electron chi connectivity index (χ2n) is 6.14. The molecule has 0 amide bonds. The number of nitrogens with two attached hydrogens (primary N) is 1. The lowest BCUT2D eigenvalue weighted by molar-refractivity contribution is 0.0970. The Bertz CT molecular complexity index is 423. The minimum absolute atomic E-state index is 0.134. The quantitative estimate of drug-likeness (QED) is 0.895.